The van der Waals surface area contributed by atoms with Crippen LogP contribution in [-0.2, 0) is 10.0 Å². The Balaban J connectivity index is 2.41. The third-order valence-corrected chi connectivity index (χ3v) is 4.87. The molecule has 2 aromatic carbocycles. The number of halogens is 1. The molecule has 3 nitrogen and oxygen atoms in total. The summed E-state index contributed by atoms with van der Waals surface area (Å²) in [4.78, 5) is -0.344. The minimum absolute atomic E-state index is 0.213. The van der Waals surface area contributed by atoms with E-state index in [2.05, 4.69) is 4.72 Å². The first kappa shape index (κ1) is 15.5. The van der Waals surface area contributed by atoms with Crippen molar-refractivity contribution in [1.29, 1.82) is 0 Å². The molecular formula is C16H18FNO2S. The van der Waals surface area contributed by atoms with E-state index in [0.717, 1.165) is 18.1 Å². The Labute approximate surface area is 124 Å². The number of rotatable bonds is 5. The van der Waals surface area contributed by atoms with Gasteiger partial charge >= 0.3 is 0 Å². The third kappa shape index (κ3) is 3.42. The standard InChI is InChI=1S/C16H18FNO2S/c1-3-12(2)13-8-4-6-10-15(13)18-21(19,20)16-11-7-5-9-14(16)17/h4-12,18H,3H2,1-2H3/t12-/m0/s1. The fraction of sp³-hybridized carbons (Fsp3) is 0.250. The second-order valence-corrected chi connectivity index (χ2v) is 6.58. The molecule has 0 saturated carbocycles. The van der Waals surface area contributed by atoms with Gasteiger partial charge in [0.05, 0.1) is 5.69 Å². The summed E-state index contributed by atoms with van der Waals surface area (Å²) in [6, 6.07) is 12.5. The van der Waals surface area contributed by atoms with Crippen LogP contribution >= 0.6 is 0 Å². The SMILES string of the molecule is CC[C@H](C)c1ccccc1NS(=O)(=O)c1ccccc1F. The van der Waals surface area contributed by atoms with E-state index in [1.807, 2.05) is 26.0 Å². The zero-order chi connectivity index (χ0) is 15.5. The molecule has 0 aliphatic rings. The summed E-state index contributed by atoms with van der Waals surface area (Å²) in [6.45, 7) is 4.06. The number of para-hydroxylation sites is 1. The molecule has 0 aliphatic carbocycles. The summed E-state index contributed by atoms with van der Waals surface area (Å²) < 4.78 is 40.9. The molecule has 0 radical (unpaired) electrons. The lowest BCUT2D eigenvalue weighted by molar-refractivity contribution is 0.570. The van der Waals surface area contributed by atoms with Crippen molar-refractivity contribution in [1.82, 2.24) is 0 Å². The van der Waals surface area contributed by atoms with Gasteiger partial charge in [-0.25, -0.2) is 12.8 Å². The second-order valence-electron chi connectivity index (χ2n) is 4.93. The Morgan fingerprint density at radius 3 is 2.38 bits per heavy atom. The van der Waals surface area contributed by atoms with Gasteiger partial charge in [-0.15, -0.1) is 0 Å². The lowest BCUT2D eigenvalue weighted by Crippen LogP contribution is -2.16. The van der Waals surface area contributed by atoms with Crippen LogP contribution in [0.3, 0.4) is 0 Å². The average Bonchev–Trinajstić information content (AvgIpc) is 2.47. The molecule has 0 spiro atoms. The molecule has 0 saturated heterocycles. The van der Waals surface area contributed by atoms with Crippen molar-refractivity contribution in [3.8, 4) is 0 Å². The van der Waals surface area contributed by atoms with Crippen molar-refractivity contribution in [2.24, 2.45) is 0 Å². The molecule has 1 N–H and O–H groups in total. The van der Waals surface area contributed by atoms with Crippen LogP contribution in [0.25, 0.3) is 0 Å². The fourth-order valence-corrected chi connectivity index (χ4v) is 3.27. The van der Waals surface area contributed by atoms with Gasteiger partial charge in [-0.3, -0.25) is 4.72 Å². The molecule has 21 heavy (non-hydrogen) atoms. The summed E-state index contributed by atoms with van der Waals surface area (Å²) in [7, 11) is -3.93. The highest BCUT2D eigenvalue weighted by atomic mass is 32.2. The van der Waals surface area contributed by atoms with Gasteiger partial charge in [0.2, 0.25) is 0 Å². The van der Waals surface area contributed by atoms with Crippen molar-refractivity contribution in [2.45, 2.75) is 31.1 Å². The number of nitrogens with one attached hydrogen (secondary N) is 1. The van der Waals surface area contributed by atoms with Crippen molar-refractivity contribution >= 4 is 15.7 Å². The molecule has 0 aromatic heterocycles. The van der Waals surface area contributed by atoms with Gasteiger partial charge in [0.15, 0.2) is 0 Å². The highest BCUT2D eigenvalue weighted by Gasteiger charge is 2.20. The largest absolute Gasteiger partial charge is 0.279 e. The maximum absolute atomic E-state index is 13.7. The van der Waals surface area contributed by atoms with Crippen LogP contribution < -0.4 is 4.72 Å². The van der Waals surface area contributed by atoms with Crippen LogP contribution in [0.15, 0.2) is 53.4 Å². The minimum atomic E-state index is -3.93. The zero-order valence-electron chi connectivity index (χ0n) is 12.0. The smallest absolute Gasteiger partial charge is 0.264 e. The van der Waals surface area contributed by atoms with Crippen LogP contribution in [-0.4, -0.2) is 8.42 Å². The summed E-state index contributed by atoms with van der Waals surface area (Å²) in [5.41, 5.74) is 1.40. The monoisotopic (exact) mass is 307 g/mol. The Hall–Kier alpha value is -1.88. The molecule has 0 unspecified atom stereocenters. The first-order valence-corrected chi connectivity index (χ1v) is 8.30. The molecule has 2 rings (SSSR count). The van der Waals surface area contributed by atoms with Crippen molar-refractivity contribution in [3.05, 3.63) is 59.9 Å². The quantitative estimate of drug-likeness (QED) is 0.902. The van der Waals surface area contributed by atoms with E-state index < -0.39 is 15.8 Å². The normalized spacial score (nSPS) is 12.9. The number of hydrogen-bond donors (Lipinski definition) is 1. The Kier molecular flexibility index (Phi) is 4.63. The summed E-state index contributed by atoms with van der Waals surface area (Å²) in [5, 5.41) is 0. The summed E-state index contributed by atoms with van der Waals surface area (Å²) in [6.07, 6.45) is 0.887. The molecular weight excluding hydrogens is 289 g/mol. The minimum Gasteiger partial charge on any atom is -0.279 e. The molecule has 0 bridgehead atoms. The second kappa shape index (κ2) is 6.26. The molecule has 0 amide bonds. The van der Waals surface area contributed by atoms with Crippen LogP contribution in [0.1, 0.15) is 31.7 Å². The Bertz CT molecular complexity index is 729. The van der Waals surface area contributed by atoms with Crippen LogP contribution in [0.2, 0.25) is 0 Å². The summed E-state index contributed by atoms with van der Waals surface area (Å²) in [5.74, 6) is -0.546. The van der Waals surface area contributed by atoms with E-state index in [4.69, 9.17) is 0 Å². The van der Waals surface area contributed by atoms with Crippen molar-refractivity contribution in [3.63, 3.8) is 0 Å². The van der Waals surface area contributed by atoms with Gasteiger partial charge in [-0.2, -0.15) is 0 Å². The van der Waals surface area contributed by atoms with Crippen molar-refractivity contribution < 1.29 is 12.8 Å². The Morgan fingerprint density at radius 2 is 1.71 bits per heavy atom. The third-order valence-electron chi connectivity index (χ3n) is 3.47. The highest BCUT2D eigenvalue weighted by Crippen LogP contribution is 2.28. The van der Waals surface area contributed by atoms with E-state index in [-0.39, 0.29) is 10.8 Å². The predicted octanol–water partition coefficient (Wildman–Crippen LogP) is 4.14. The molecule has 0 fully saturated rings. The van der Waals surface area contributed by atoms with Crippen molar-refractivity contribution in [2.75, 3.05) is 4.72 Å². The van der Waals surface area contributed by atoms with Gasteiger partial charge in [0.25, 0.3) is 10.0 Å². The van der Waals surface area contributed by atoms with Gasteiger partial charge in [-0.05, 0) is 36.1 Å². The number of hydrogen-bond acceptors (Lipinski definition) is 2. The topological polar surface area (TPSA) is 46.2 Å². The van der Waals surface area contributed by atoms with Gasteiger partial charge in [0, 0.05) is 0 Å². The lowest BCUT2D eigenvalue weighted by Gasteiger charge is -2.16. The lowest BCUT2D eigenvalue weighted by atomic mass is 9.97. The first-order valence-electron chi connectivity index (χ1n) is 6.82. The molecule has 2 aromatic rings. The van der Waals surface area contributed by atoms with E-state index in [1.165, 1.54) is 18.2 Å². The van der Waals surface area contributed by atoms with E-state index in [1.54, 1.807) is 12.1 Å². The van der Waals surface area contributed by atoms with Gasteiger partial charge in [0.1, 0.15) is 10.7 Å². The van der Waals surface area contributed by atoms with Crippen LogP contribution in [0, 0.1) is 5.82 Å². The van der Waals surface area contributed by atoms with Crippen LogP contribution in [0.4, 0.5) is 10.1 Å². The summed E-state index contributed by atoms with van der Waals surface area (Å²) >= 11 is 0. The first-order chi connectivity index (χ1) is 9.95. The number of anilines is 1. The molecule has 0 aliphatic heterocycles. The van der Waals surface area contributed by atoms with Crippen LogP contribution in [0.5, 0.6) is 0 Å². The van der Waals surface area contributed by atoms with Gasteiger partial charge in [-0.1, -0.05) is 44.2 Å². The average molecular weight is 307 g/mol. The maximum Gasteiger partial charge on any atom is 0.264 e. The predicted molar refractivity (Wildman–Crippen MR) is 82.4 cm³/mol. The molecule has 5 heteroatoms. The Morgan fingerprint density at radius 1 is 1.10 bits per heavy atom. The van der Waals surface area contributed by atoms with Gasteiger partial charge < -0.3 is 0 Å². The molecule has 1 atom stereocenters. The maximum atomic E-state index is 13.7. The fourth-order valence-electron chi connectivity index (χ4n) is 2.10. The van der Waals surface area contributed by atoms with E-state index in [0.29, 0.717) is 5.69 Å². The van der Waals surface area contributed by atoms with E-state index in [9.17, 15) is 12.8 Å². The number of benzene rings is 2. The number of sulfonamides is 1. The van der Waals surface area contributed by atoms with E-state index >= 15 is 0 Å². The highest BCUT2D eigenvalue weighted by molar-refractivity contribution is 7.92. The zero-order valence-corrected chi connectivity index (χ0v) is 12.8. The molecule has 0 heterocycles. The molecule has 112 valence electrons.